The number of aldehydes is 1. The minimum absolute atomic E-state index is 0.197. The quantitative estimate of drug-likeness (QED) is 0.210. The van der Waals surface area contributed by atoms with E-state index in [4.69, 9.17) is 9.26 Å². The summed E-state index contributed by atoms with van der Waals surface area (Å²) in [4.78, 5) is 15.0. The first-order chi connectivity index (χ1) is 18.9. The fourth-order valence-corrected chi connectivity index (χ4v) is 3.79. The number of hydrogen-bond donors (Lipinski definition) is 0. The van der Waals surface area contributed by atoms with E-state index in [2.05, 4.69) is 53.1 Å². The monoisotopic (exact) mass is 528 g/mol. The molecular weight excluding hydrogens is 492 g/mol. The second-order valence-corrected chi connectivity index (χ2v) is 10.0. The minimum atomic E-state index is 0.197. The SMILES string of the molecule is CC(C)C1CC1.CCCC.Cc1cc(-c2nnc3c4ccccc4c(OCc4ccc(C=O)cn4)nn23)no1. The van der Waals surface area contributed by atoms with Crippen molar-refractivity contribution in [3.8, 4) is 17.4 Å². The van der Waals surface area contributed by atoms with Gasteiger partial charge in [0.15, 0.2) is 17.6 Å². The number of benzene rings is 1. The van der Waals surface area contributed by atoms with E-state index in [1.807, 2.05) is 24.3 Å². The fourth-order valence-electron chi connectivity index (χ4n) is 3.79. The molecule has 4 heterocycles. The van der Waals surface area contributed by atoms with Gasteiger partial charge in [-0.05, 0) is 49.8 Å². The minimum Gasteiger partial charge on any atom is -0.470 e. The molecule has 1 saturated carbocycles. The number of rotatable bonds is 7. The predicted molar refractivity (Wildman–Crippen MR) is 151 cm³/mol. The molecule has 1 aliphatic rings. The van der Waals surface area contributed by atoms with Gasteiger partial charge >= 0.3 is 0 Å². The molecule has 5 aromatic rings. The van der Waals surface area contributed by atoms with E-state index < -0.39 is 0 Å². The summed E-state index contributed by atoms with van der Waals surface area (Å²) in [6.45, 7) is 11.0. The summed E-state index contributed by atoms with van der Waals surface area (Å²) in [7, 11) is 0. The first-order valence-electron chi connectivity index (χ1n) is 13.6. The van der Waals surface area contributed by atoms with Crippen LogP contribution in [-0.2, 0) is 6.61 Å². The van der Waals surface area contributed by atoms with Gasteiger partial charge < -0.3 is 9.26 Å². The van der Waals surface area contributed by atoms with Crippen molar-refractivity contribution in [3.05, 3.63) is 65.7 Å². The number of aromatic nitrogens is 6. The third kappa shape index (κ3) is 7.04. The Kier molecular flexibility index (Phi) is 9.35. The predicted octanol–water partition coefficient (Wildman–Crippen LogP) is 6.89. The summed E-state index contributed by atoms with van der Waals surface area (Å²) in [6, 6.07) is 12.9. The largest absolute Gasteiger partial charge is 0.470 e. The highest BCUT2D eigenvalue weighted by Gasteiger charge is 2.24. The van der Waals surface area contributed by atoms with Crippen LogP contribution in [0, 0.1) is 18.8 Å². The van der Waals surface area contributed by atoms with Crippen molar-refractivity contribution in [1.29, 1.82) is 0 Å². The van der Waals surface area contributed by atoms with Gasteiger partial charge in [0.1, 0.15) is 12.4 Å². The molecule has 1 aromatic carbocycles. The molecule has 39 heavy (non-hydrogen) atoms. The lowest BCUT2D eigenvalue weighted by Crippen LogP contribution is -2.04. The van der Waals surface area contributed by atoms with Crippen molar-refractivity contribution < 1.29 is 14.1 Å². The van der Waals surface area contributed by atoms with Crippen LogP contribution >= 0.6 is 0 Å². The van der Waals surface area contributed by atoms with Crippen molar-refractivity contribution in [2.24, 2.45) is 11.8 Å². The van der Waals surface area contributed by atoms with Crippen LogP contribution in [0.2, 0.25) is 0 Å². The van der Waals surface area contributed by atoms with Gasteiger partial charge in [-0.1, -0.05) is 63.9 Å². The third-order valence-electron chi connectivity index (χ3n) is 6.49. The number of carbonyl (C=O) groups is 1. The molecule has 0 saturated heterocycles. The van der Waals surface area contributed by atoms with Crippen molar-refractivity contribution in [2.45, 2.75) is 66.9 Å². The highest BCUT2D eigenvalue weighted by atomic mass is 16.5. The van der Waals surface area contributed by atoms with E-state index in [1.54, 1.807) is 29.6 Å². The molecule has 0 radical (unpaired) electrons. The number of pyridine rings is 1. The number of hydrogen-bond acceptors (Lipinski definition) is 8. The lowest BCUT2D eigenvalue weighted by atomic mass is 10.1. The molecule has 9 heteroatoms. The Balaban J connectivity index is 0.000000300. The van der Waals surface area contributed by atoms with Crippen molar-refractivity contribution in [1.82, 2.24) is 30.0 Å². The van der Waals surface area contributed by atoms with E-state index in [0.717, 1.165) is 28.9 Å². The van der Waals surface area contributed by atoms with Gasteiger partial charge in [-0.3, -0.25) is 9.78 Å². The average Bonchev–Trinajstić information content (AvgIpc) is 3.61. The molecule has 4 aromatic heterocycles. The zero-order valence-corrected chi connectivity index (χ0v) is 23.3. The van der Waals surface area contributed by atoms with Gasteiger partial charge in [-0.25, -0.2) is 0 Å². The number of ether oxygens (including phenoxy) is 1. The maximum Gasteiger partial charge on any atom is 0.240 e. The van der Waals surface area contributed by atoms with Crippen LogP contribution in [0.5, 0.6) is 5.88 Å². The van der Waals surface area contributed by atoms with Gasteiger partial charge in [-0.2, -0.15) is 4.52 Å². The number of fused-ring (bicyclic) bond motifs is 3. The molecule has 0 amide bonds. The molecule has 0 N–H and O–H groups in total. The van der Waals surface area contributed by atoms with Crippen LogP contribution in [0.3, 0.4) is 0 Å². The first kappa shape index (κ1) is 27.9. The Morgan fingerprint density at radius 2 is 1.82 bits per heavy atom. The Labute approximate surface area is 228 Å². The molecular formula is C30H36N6O3. The Hall–Kier alpha value is -4.14. The van der Waals surface area contributed by atoms with Crippen LogP contribution in [0.1, 0.15) is 75.2 Å². The Bertz CT molecular complexity index is 1500. The summed E-state index contributed by atoms with van der Waals surface area (Å²) in [6.07, 6.45) is 7.89. The molecule has 1 aliphatic carbocycles. The molecule has 0 bridgehead atoms. The zero-order chi connectivity index (χ0) is 27.8. The summed E-state index contributed by atoms with van der Waals surface area (Å²) >= 11 is 0. The summed E-state index contributed by atoms with van der Waals surface area (Å²) in [5, 5.41) is 18.8. The number of nitrogens with zero attached hydrogens (tertiary/aromatic N) is 6. The van der Waals surface area contributed by atoms with Gasteiger partial charge in [0.25, 0.3) is 0 Å². The molecule has 6 rings (SSSR count). The second-order valence-electron chi connectivity index (χ2n) is 10.0. The van der Waals surface area contributed by atoms with Crippen LogP contribution in [-0.4, -0.2) is 36.2 Å². The van der Waals surface area contributed by atoms with Crippen molar-refractivity contribution in [3.63, 3.8) is 0 Å². The lowest BCUT2D eigenvalue weighted by molar-refractivity contribution is 0.112. The van der Waals surface area contributed by atoms with Crippen LogP contribution in [0.4, 0.5) is 0 Å². The molecule has 0 spiro atoms. The smallest absolute Gasteiger partial charge is 0.240 e. The standard InChI is InChI=1S/C20H14N6O3.C6H12.C4H10/c1-12-8-17(25-29-12)19-23-22-18-15-4-2-3-5-16(15)20(24-26(18)19)28-11-14-7-6-13(10-27)9-21-14;1-5(2)6-3-4-6;1-3-4-2/h2-10H,11H2,1H3;5-6H,3-4H2,1-2H3;3-4H2,1-2H3. The molecule has 0 aliphatic heterocycles. The molecule has 204 valence electrons. The summed E-state index contributed by atoms with van der Waals surface area (Å²) < 4.78 is 12.7. The highest BCUT2D eigenvalue weighted by Crippen LogP contribution is 2.35. The molecule has 0 unspecified atom stereocenters. The highest BCUT2D eigenvalue weighted by molar-refractivity contribution is 5.96. The van der Waals surface area contributed by atoms with Crippen LogP contribution < -0.4 is 4.74 Å². The van der Waals surface area contributed by atoms with Gasteiger partial charge in [0.05, 0.1) is 5.69 Å². The Morgan fingerprint density at radius 3 is 2.36 bits per heavy atom. The van der Waals surface area contributed by atoms with E-state index >= 15 is 0 Å². The van der Waals surface area contributed by atoms with Crippen LogP contribution in [0.25, 0.3) is 27.9 Å². The number of carbonyl (C=O) groups excluding carboxylic acids is 1. The van der Waals surface area contributed by atoms with Gasteiger partial charge in [0.2, 0.25) is 11.7 Å². The van der Waals surface area contributed by atoms with Crippen molar-refractivity contribution in [2.75, 3.05) is 0 Å². The number of aryl methyl sites for hydroxylation is 1. The third-order valence-corrected chi connectivity index (χ3v) is 6.49. The maximum absolute atomic E-state index is 10.8. The van der Waals surface area contributed by atoms with Gasteiger partial charge in [-0.15, -0.1) is 15.3 Å². The Morgan fingerprint density at radius 1 is 1.08 bits per heavy atom. The summed E-state index contributed by atoms with van der Waals surface area (Å²) in [5.41, 5.74) is 2.32. The summed E-state index contributed by atoms with van der Waals surface area (Å²) in [5.74, 6) is 3.60. The topological polar surface area (TPSA) is 108 Å². The van der Waals surface area contributed by atoms with Crippen LogP contribution in [0.15, 0.2) is 53.2 Å². The zero-order valence-electron chi connectivity index (χ0n) is 23.3. The van der Waals surface area contributed by atoms with E-state index in [1.165, 1.54) is 31.9 Å². The molecule has 1 fully saturated rings. The van der Waals surface area contributed by atoms with Crippen molar-refractivity contribution >= 4 is 22.7 Å². The average molecular weight is 529 g/mol. The second kappa shape index (κ2) is 13.1. The van der Waals surface area contributed by atoms with Gasteiger partial charge in [0, 0.05) is 28.6 Å². The first-order valence-corrected chi connectivity index (χ1v) is 13.6. The van der Waals surface area contributed by atoms with E-state index in [0.29, 0.717) is 40.1 Å². The maximum atomic E-state index is 10.8. The molecule has 9 nitrogen and oxygen atoms in total. The number of unbranched alkanes of at least 4 members (excludes halogenated alkanes) is 1. The van der Waals surface area contributed by atoms with E-state index in [-0.39, 0.29) is 6.61 Å². The van der Waals surface area contributed by atoms with E-state index in [9.17, 15) is 4.79 Å². The molecule has 0 atom stereocenters. The fraction of sp³-hybridized carbons (Fsp3) is 0.400. The normalized spacial score (nSPS) is 12.6. The lowest BCUT2D eigenvalue weighted by Gasteiger charge is -2.09.